The molecule has 86 valence electrons. The lowest BCUT2D eigenvalue weighted by molar-refractivity contribution is 0.616. The predicted octanol–water partition coefficient (Wildman–Crippen LogP) is 2.59. The first-order chi connectivity index (χ1) is 7.74. The van der Waals surface area contributed by atoms with Crippen LogP contribution in [0.5, 0.6) is 0 Å². The van der Waals surface area contributed by atoms with Crippen molar-refractivity contribution in [2.45, 2.75) is 13.5 Å². The first-order valence-electron chi connectivity index (χ1n) is 5.21. The fraction of sp³-hybridized carbons (Fsp3) is 0.385. The van der Waals surface area contributed by atoms with Crippen molar-refractivity contribution < 1.29 is 4.39 Å². The Kier molecular flexibility index (Phi) is 5.99. The molecule has 0 aliphatic carbocycles. The SMILES string of the molecule is C#CCSCCNCc1ccc(F)c(C)c1. The number of thioether (sulfide) groups is 1. The van der Waals surface area contributed by atoms with Gasteiger partial charge in [-0.25, -0.2) is 4.39 Å². The molecule has 0 heterocycles. The Balaban J connectivity index is 2.22. The van der Waals surface area contributed by atoms with E-state index < -0.39 is 0 Å². The van der Waals surface area contributed by atoms with Crippen LogP contribution in [0.15, 0.2) is 18.2 Å². The molecule has 0 aromatic heterocycles. The highest BCUT2D eigenvalue weighted by molar-refractivity contribution is 7.99. The van der Waals surface area contributed by atoms with Crippen LogP contribution >= 0.6 is 11.8 Å². The molecule has 1 N–H and O–H groups in total. The molecule has 16 heavy (non-hydrogen) atoms. The Morgan fingerprint density at radius 2 is 2.31 bits per heavy atom. The van der Waals surface area contributed by atoms with Gasteiger partial charge >= 0.3 is 0 Å². The van der Waals surface area contributed by atoms with E-state index in [1.807, 2.05) is 12.1 Å². The second-order valence-electron chi connectivity index (χ2n) is 3.52. The van der Waals surface area contributed by atoms with E-state index in [0.29, 0.717) is 5.56 Å². The third kappa shape index (κ3) is 4.69. The van der Waals surface area contributed by atoms with E-state index in [2.05, 4.69) is 11.2 Å². The molecule has 1 rings (SSSR count). The van der Waals surface area contributed by atoms with Crippen molar-refractivity contribution in [1.29, 1.82) is 0 Å². The van der Waals surface area contributed by atoms with Gasteiger partial charge in [-0.05, 0) is 24.1 Å². The van der Waals surface area contributed by atoms with Crippen molar-refractivity contribution in [3.8, 4) is 12.3 Å². The van der Waals surface area contributed by atoms with Crippen molar-refractivity contribution in [3.05, 3.63) is 35.1 Å². The standard InChI is InChI=1S/C13H16FNS/c1-3-7-16-8-6-15-10-12-4-5-13(14)11(2)9-12/h1,4-5,9,15H,6-8,10H2,2H3. The maximum absolute atomic E-state index is 13.0. The molecule has 0 fully saturated rings. The summed E-state index contributed by atoms with van der Waals surface area (Å²) in [7, 11) is 0. The van der Waals surface area contributed by atoms with Crippen LogP contribution in [0.3, 0.4) is 0 Å². The number of benzene rings is 1. The molecule has 0 amide bonds. The average Bonchev–Trinajstić information content (AvgIpc) is 2.28. The van der Waals surface area contributed by atoms with Crippen molar-refractivity contribution in [3.63, 3.8) is 0 Å². The van der Waals surface area contributed by atoms with Crippen LogP contribution in [-0.4, -0.2) is 18.1 Å². The topological polar surface area (TPSA) is 12.0 Å². The van der Waals surface area contributed by atoms with Gasteiger partial charge in [0, 0.05) is 18.8 Å². The lowest BCUT2D eigenvalue weighted by atomic mass is 10.1. The highest BCUT2D eigenvalue weighted by atomic mass is 32.2. The molecule has 0 bridgehead atoms. The molecule has 1 aromatic rings. The fourth-order valence-electron chi connectivity index (χ4n) is 1.32. The van der Waals surface area contributed by atoms with Gasteiger partial charge < -0.3 is 5.32 Å². The van der Waals surface area contributed by atoms with E-state index in [-0.39, 0.29) is 5.82 Å². The summed E-state index contributed by atoms with van der Waals surface area (Å²) in [5, 5.41) is 3.30. The van der Waals surface area contributed by atoms with Crippen molar-refractivity contribution >= 4 is 11.8 Å². The zero-order valence-corrected chi connectivity index (χ0v) is 10.2. The molecule has 0 saturated heterocycles. The van der Waals surface area contributed by atoms with Gasteiger partial charge in [0.1, 0.15) is 5.82 Å². The zero-order chi connectivity index (χ0) is 11.8. The molecule has 3 heteroatoms. The largest absolute Gasteiger partial charge is 0.312 e. The second-order valence-corrected chi connectivity index (χ2v) is 4.62. The van der Waals surface area contributed by atoms with Gasteiger partial charge in [0.2, 0.25) is 0 Å². The van der Waals surface area contributed by atoms with Gasteiger partial charge in [-0.2, -0.15) is 0 Å². The molecule has 1 aromatic carbocycles. The molecule has 0 unspecified atom stereocenters. The minimum Gasteiger partial charge on any atom is -0.312 e. The lowest BCUT2D eigenvalue weighted by Crippen LogP contribution is -2.16. The molecular weight excluding hydrogens is 221 g/mol. The summed E-state index contributed by atoms with van der Waals surface area (Å²) < 4.78 is 13.0. The third-order valence-corrected chi connectivity index (χ3v) is 3.02. The van der Waals surface area contributed by atoms with Crippen molar-refractivity contribution in [1.82, 2.24) is 5.32 Å². The van der Waals surface area contributed by atoms with Gasteiger partial charge in [0.15, 0.2) is 0 Å². The molecule has 0 spiro atoms. The van der Waals surface area contributed by atoms with E-state index in [9.17, 15) is 4.39 Å². The second kappa shape index (κ2) is 7.32. The smallest absolute Gasteiger partial charge is 0.126 e. The van der Waals surface area contributed by atoms with Crippen LogP contribution in [0.2, 0.25) is 0 Å². The minimum absolute atomic E-state index is 0.145. The molecule has 1 nitrogen and oxygen atoms in total. The summed E-state index contributed by atoms with van der Waals surface area (Å²) in [5.74, 6) is 4.20. The van der Waals surface area contributed by atoms with Crippen LogP contribution in [0.25, 0.3) is 0 Å². The van der Waals surface area contributed by atoms with Gasteiger partial charge in [-0.15, -0.1) is 18.2 Å². The summed E-state index contributed by atoms with van der Waals surface area (Å²) in [5.41, 5.74) is 1.81. The summed E-state index contributed by atoms with van der Waals surface area (Å²) in [6, 6.07) is 5.19. The lowest BCUT2D eigenvalue weighted by Gasteiger charge is -2.05. The minimum atomic E-state index is -0.145. The van der Waals surface area contributed by atoms with Crippen LogP contribution in [0.4, 0.5) is 4.39 Å². The number of aryl methyl sites for hydroxylation is 1. The molecular formula is C13H16FNS. The fourth-order valence-corrected chi connectivity index (χ4v) is 1.88. The summed E-state index contributed by atoms with van der Waals surface area (Å²) in [6.07, 6.45) is 5.14. The number of hydrogen-bond donors (Lipinski definition) is 1. The number of rotatable bonds is 6. The molecule has 0 aliphatic rings. The van der Waals surface area contributed by atoms with Crippen LogP contribution < -0.4 is 5.32 Å². The van der Waals surface area contributed by atoms with E-state index in [0.717, 1.165) is 30.2 Å². The van der Waals surface area contributed by atoms with E-state index in [1.54, 1.807) is 18.7 Å². The number of halogens is 1. The first kappa shape index (κ1) is 13.1. The monoisotopic (exact) mass is 237 g/mol. The Bertz CT molecular complexity index is 371. The molecule has 0 atom stereocenters. The Morgan fingerprint density at radius 1 is 1.50 bits per heavy atom. The Morgan fingerprint density at radius 3 is 3.00 bits per heavy atom. The van der Waals surface area contributed by atoms with E-state index in [1.165, 1.54) is 6.07 Å². The Hall–Kier alpha value is -0.980. The van der Waals surface area contributed by atoms with Crippen molar-refractivity contribution in [2.75, 3.05) is 18.1 Å². The van der Waals surface area contributed by atoms with Crippen LogP contribution in [-0.2, 0) is 6.54 Å². The number of terminal acetylenes is 1. The van der Waals surface area contributed by atoms with Gasteiger partial charge in [-0.1, -0.05) is 18.1 Å². The maximum atomic E-state index is 13.0. The normalized spacial score (nSPS) is 10.1. The maximum Gasteiger partial charge on any atom is 0.126 e. The highest BCUT2D eigenvalue weighted by Crippen LogP contribution is 2.08. The van der Waals surface area contributed by atoms with Gasteiger partial charge in [-0.3, -0.25) is 0 Å². The summed E-state index contributed by atoms with van der Waals surface area (Å²) in [4.78, 5) is 0. The van der Waals surface area contributed by atoms with Crippen molar-refractivity contribution in [2.24, 2.45) is 0 Å². The Labute approximate surface area is 101 Å². The quantitative estimate of drug-likeness (QED) is 0.603. The molecule has 0 aliphatic heterocycles. The first-order valence-corrected chi connectivity index (χ1v) is 6.36. The highest BCUT2D eigenvalue weighted by Gasteiger charge is 1.98. The van der Waals surface area contributed by atoms with E-state index >= 15 is 0 Å². The van der Waals surface area contributed by atoms with Crippen LogP contribution in [0, 0.1) is 25.1 Å². The number of hydrogen-bond acceptors (Lipinski definition) is 2. The van der Waals surface area contributed by atoms with E-state index in [4.69, 9.17) is 6.42 Å². The molecule has 0 radical (unpaired) electrons. The summed E-state index contributed by atoms with van der Waals surface area (Å²) in [6.45, 7) is 3.47. The molecule has 0 saturated carbocycles. The summed E-state index contributed by atoms with van der Waals surface area (Å²) >= 11 is 1.74. The average molecular weight is 237 g/mol. The van der Waals surface area contributed by atoms with Crippen LogP contribution in [0.1, 0.15) is 11.1 Å². The number of nitrogens with one attached hydrogen (secondary N) is 1. The third-order valence-electron chi connectivity index (χ3n) is 2.16. The van der Waals surface area contributed by atoms with Gasteiger partial charge in [0.25, 0.3) is 0 Å². The zero-order valence-electron chi connectivity index (χ0n) is 9.42. The van der Waals surface area contributed by atoms with Gasteiger partial charge in [0.05, 0.1) is 5.75 Å². The predicted molar refractivity (Wildman–Crippen MR) is 69.0 cm³/mol.